The first-order chi connectivity index (χ1) is 9.57. The standard InChI is InChI=1S/C17H30N2O/c1-4-15-8-5-10-17(14-15)11-7-13-19(17)16(20)9-6-12-18(2)3/h6,9,15H,4-5,7-8,10-14H2,1-3H3/b9-6+. The van der Waals surface area contributed by atoms with Crippen molar-refractivity contribution in [2.75, 3.05) is 27.2 Å². The van der Waals surface area contributed by atoms with Crippen molar-refractivity contribution in [3.05, 3.63) is 12.2 Å². The van der Waals surface area contributed by atoms with Crippen LogP contribution in [-0.2, 0) is 4.79 Å². The van der Waals surface area contributed by atoms with Crippen LogP contribution in [0.15, 0.2) is 12.2 Å². The Morgan fingerprint density at radius 2 is 2.10 bits per heavy atom. The minimum absolute atomic E-state index is 0.193. The third-order valence-corrected chi connectivity index (χ3v) is 5.09. The largest absolute Gasteiger partial charge is 0.333 e. The van der Waals surface area contributed by atoms with Crippen molar-refractivity contribution >= 4 is 5.91 Å². The lowest BCUT2D eigenvalue weighted by Crippen LogP contribution is -2.49. The van der Waals surface area contributed by atoms with E-state index >= 15 is 0 Å². The zero-order valence-electron chi connectivity index (χ0n) is 13.4. The Morgan fingerprint density at radius 3 is 2.80 bits per heavy atom. The van der Waals surface area contributed by atoms with Crippen molar-refractivity contribution in [1.82, 2.24) is 9.80 Å². The average Bonchev–Trinajstić information content (AvgIpc) is 2.81. The molecule has 1 saturated carbocycles. The number of likely N-dealkylation sites (N-methyl/N-ethyl adjacent to an activating group) is 1. The quantitative estimate of drug-likeness (QED) is 0.738. The summed E-state index contributed by atoms with van der Waals surface area (Å²) in [6, 6.07) is 0. The molecule has 1 saturated heterocycles. The number of carbonyl (C=O) groups excluding carboxylic acids is 1. The Balaban J connectivity index is 2.02. The molecule has 1 spiro atoms. The highest BCUT2D eigenvalue weighted by molar-refractivity contribution is 5.88. The van der Waals surface area contributed by atoms with Crippen molar-refractivity contribution < 1.29 is 4.79 Å². The summed E-state index contributed by atoms with van der Waals surface area (Å²) in [5, 5.41) is 0. The highest BCUT2D eigenvalue weighted by Crippen LogP contribution is 2.44. The maximum atomic E-state index is 12.5. The molecule has 2 aliphatic rings. The molecule has 0 bridgehead atoms. The maximum Gasteiger partial charge on any atom is 0.246 e. The molecule has 114 valence electrons. The van der Waals surface area contributed by atoms with Gasteiger partial charge >= 0.3 is 0 Å². The average molecular weight is 278 g/mol. The van der Waals surface area contributed by atoms with E-state index in [2.05, 4.69) is 16.7 Å². The SMILES string of the molecule is CCC1CCCC2(CCCN2C(=O)/C=C/CN(C)C)C1. The molecule has 2 rings (SSSR count). The normalized spacial score (nSPS) is 30.8. The summed E-state index contributed by atoms with van der Waals surface area (Å²) in [4.78, 5) is 16.8. The second-order valence-electron chi connectivity index (χ2n) is 6.85. The van der Waals surface area contributed by atoms with Gasteiger partial charge < -0.3 is 9.80 Å². The Labute approximate surface area is 124 Å². The first kappa shape index (κ1) is 15.6. The van der Waals surface area contributed by atoms with Gasteiger partial charge in [0.25, 0.3) is 0 Å². The molecular weight excluding hydrogens is 248 g/mol. The van der Waals surface area contributed by atoms with Gasteiger partial charge in [-0.15, -0.1) is 0 Å². The van der Waals surface area contributed by atoms with E-state index in [1.165, 1.54) is 44.9 Å². The summed E-state index contributed by atoms with van der Waals surface area (Å²) in [5.41, 5.74) is 0.193. The van der Waals surface area contributed by atoms with Crippen molar-refractivity contribution in [3.63, 3.8) is 0 Å². The monoisotopic (exact) mass is 278 g/mol. The van der Waals surface area contributed by atoms with Crippen molar-refractivity contribution in [2.45, 2.75) is 57.4 Å². The first-order valence-corrected chi connectivity index (χ1v) is 8.20. The second-order valence-corrected chi connectivity index (χ2v) is 6.85. The number of nitrogens with zero attached hydrogens (tertiary/aromatic N) is 2. The Kier molecular flexibility index (Phi) is 5.25. The number of likely N-dealkylation sites (tertiary alicyclic amines) is 1. The minimum atomic E-state index is 0.193. The van der Waals surface area contributed by atoms with Gasteiger partial charge in [0.2, 0.25) is 5.91 Å². The lowest BCUT2D eigenvalue weighted by Gasteiger charge is -2.44. The lowest BCUT2D eigenvalue weighted by molar-refractivity contribution is -0.131. The molecule has 2 unspecified atom stereocenters. The molecule has 2 fully saturated rings. The van der Waals surface area contributed by atoms with E-state index in [9.17, 15) is 4.79 Å². The van der Waals surface area contributed by atoms with E-state index < -0.39 is 0 Å². The summed E-state index contributed by atoms with van der Waals surface area (Å²) < 4.78 is 0. The molecule has 0 radical (unpaired) electrons. The summed E-state index contributed by atoms with van der Waals surface area (Å²) in [7, 11) is 4.05. The highest BCUT2D eigenvalue weighted by Gasteiger charge is 2.45. The fourth-order valence-corrected chi connectivity index (χ4v) is 4.02. The summed E-state index contributed by atoms with van der Waals surface area (Å²) in [6.45, 7) is 4.09. The zero-order chi connectivity index (χ0) is 14.6. The molecular formula is C17H30N2O. The van der Waals surface area contributed by atoms with Crippen molar-refractivity contribution in [2.24, 2.45) is 5.92 Å². The van der Waals surface area contributed by atoms with Gasteiger partial charge in [-0.3, -0.25) is 4.79 Å². The molecule has 2 atom stereocenters. The van der Waals surface area contributed by atoms with E-state index in [4.69, 9.17) is 0 Å². The number of hydrogen-bond donors (Lipinski definition) is 0. The Morgan fingerprint density at radius 1 is 1.35 bits per heavy atom. The predicted octanol–water partition coefficient (Wildman–Crippen LogP) is 3.07. The van der Waals surface area contributed by atoms with E-state index in [0.29, 0.717) is 0 Å². The second kappa shape index (κ2) is 6.75. The van der Waals surface area contributed by atoms with Crippen LogP contribution >= 0.6 is 0 Å². The van der Waals surface area contributed by atoms with Gasteiger partial charge in [0.1, 0.15) is 0 Å². The maximum absolute atomic E-state index is 12.5. The van der Waals surface area contributed by atoms with E-state index in [1.807, 2.05) is 20.2 Å². The minimum Gasteiger partial charge on any atom is -0.333 e. The third kappa shape index (κ3) is 3.43. The zero-order valence-corrected chi connectivity index (χ0v) is 13.4. The van der Waals surface area contributed by atoms with Crippen LogP contribution in [0.4, 0.5) is 0 Å². The number of rotatable bonds is 4. The fraction of sp³-hybridized carbons (Fsp3) is 0.824. The van der Waals surface area contributed by atoms with E-state index in [-0.39, 0.29) is 11.4 Å². The van der Waals surface area contributed by atoms with Gasteiger partial charge in [-0.05, 0) is 45.7 Å². The molecule has 1 aliphatic heterocycles. The van der Waals surface area contributed by atoms with Gasteiger partial charge in [0.15, 0.2) is 0 Å². The topological polar surface area (TPSA) is 23.6 Å². The third-order valence-electron chi connectivity index (χ3n) is 5.09. The summed E-state index contributed by atoms with van der Waals surface area (Å²) in [6.07, 6.45) is 12.6. The molecule has 0 N–H and O–H groups in total. The highest BCUT2D eigenvalue weighted by atomic mass is 16.2. The molecule has 3 nitrogen and oxygen atoms in total. The van der Waals surface area contributed by atoms with E-state index in [0.717, 1.165) is 19.0 Å². The van der Waals surface area contributed by atoms with Crippen LogP contribution in [0.3, 0.4) is 0 Å². The number of amides is 1. The molecule has 1 heterocycles. The Hall–Kier alpha value is -0.830. The summed E-state index contributed by atoms with van der Waals surface area (Å²) in [5.74, 6) is 1.06. The number of carbonyl (C=O) groups is 1. The van der Waals surface area contributed by atoms with Crippen LogP contribution in [0.1, 0.15) is 51.9 Å². The lowest BCUT2D eigenvalue weighted by atomic mass is 9.73. The van der Waals surface area contributed by atoms with Gasteiger partial charge in [-0.2, -0.15) is 0 Å². The van der Waals surface area contributed by atoms with Gasteiger partial charge in [-0.25, -0.2) is 0 Å². The van der Waals surface area contributed by atoms with E-state index in [1.54, 1.807) is 6.08 Å². The molecule has 0 aromatic carbocycles. The van der Waals surface area contributed by atoms with Crippen LogP contribution in [-0.4, -0.2) is 48.4 Å². The van der Waals surface area contributed by atoms with Crippen LogP contribution < -0.4 is 0 Å². The van der Waals surface area contributed by atoms with Crippen molar-refractivity contribution in [3.8, 4) is 0 Å². The predicted molar refractivity (Wildman–Crippen MR) is 83.6 cm³/mol. The fourth-order valence-electron chi connectivity index (χ4n) is 4.02. The molecule has 1 aliphatic carbocycles. The molecule has 20 heavy (non-hydrogen) atoms. The molecule has 0 aromatic rings. The van der Waals surface area contributed by atoms with Gasteiger partial charge in [0.05, 0.1) is 0 Å². The van der Waals surface area contributed by atoms with Gasteiger partial charge in [0, 0.05) is 24.7 Å². The van der Waals surface area contributed by atoms with Crippen LogP contribution in [0, 0.1) is 5.92 Å². The summed E-state index contributed by atoms with van der Waals surface area (Å²) >= 11 is 0. The van der Waals surface area contributed by atoms with Gasteiger partial charge in [-0.1, -0.05) is 32.3 Å². The number of hydrogen-bond acceptors (Lipinski definition) is 2. The van der Waals surface area contributed by atoms with Crippen LogP contribution in [0.25, 0.3) is 0 Å². The first-order valence-electron chi connectivity index (χ1n) is 8.20. The molecule has 3 heteroatoms. The molecule has 1 amide bonds. The van der Waals surface area contributed by atoms with Crippen molar-refractivity contribution in [1.29, 1.82) is 0 Å². The van der Waals surface area contributed by atoms with Crippen LogP contribution in [0.5, 0.6) is 0 Å². The smallest absolute Gasteiger partial charge is 0.246 e. The molecule has 0 aromatic heterocycles. The Bertz CT molecular complexity index is 364. The van der Waals surface area contributed by atoms with Crippen LogP contribution in [0.2, 0.25) is 0 Å².